The number of rotatable bonds is 6. The smallest absolute Gasteiger partial charge is 0.211 e. The first-order chi connectivity index (χ1) is 11.2. The minimum absolute atomic E-state index is 0.0795. The van der Waals surface area contributed by atoms with Gasteiger partial charge in [0.15, 0.2) is 9.84 Å². The number of carbonyl (C=O) groups excluding carboxylic acids is 1. The Morgan fingerprint density at radius 3 is 2.83 bits per heavy atom. The first kappa shape index (κ1) is 18.4. The summed E-state index contributed by atoms with van der Waals surface area (Å²) in [5.41, 5.74) is 8.22. The van der Waals surface area contributed by atoms with Crippen LogP contribution in [-0.4, -0.2) is 44.8 Å². The monoisotopic (exact) mass is 353 g/mol. The Bertz CT molecular complexity index is 757. The van der Waals surface area contributed by atoms with Crippen LogP contribution in [0.3, 0.4) is 0 Å². The van der Waals surface area contributed by atoms with Crippen molar-refractivity contribution in [3.63, 3.8) is 0 Å². The van der Waals surface area contributed by atoms with Crippen molar-refractivity contribution in [2.45, 2.75) is 31.1 Å². The van der Waals surface area contributed by atoms with E-state index in [0.717, 1.165) is 11.1 Å². The molecule has 2 rings (SSSR count). The Morgan fingerprint density at radius 1 is 1.50 bits per heavy atom. The van der Waals surface area contributed by atoms with E-state index in [1.54, 1.807) is 26.0 Å². The molecule has 0 fully saturated rings. The second kappa shape index (κ2) is 6.90. The molecule has 1 unspecified atom stereocenters. The summed E-state index contributed by atoms with van der Waals surface area (Å²) in [6, 6.07) is 5.41. The number of hydrogen-bond acceptors (Lipinski definition) is 5. The van der Waals surface area contributed by atoms with E-state index in [0.29, 0.717) is 25.3 Å². The average Bonchev–Trinajstić information content (AvgIpc) is 2.54. The molecule has 3 N–H and O–H groups in total. The van der Waals surface area contributed by atoms with Crippen molar-refractivity contribution >= 4 is 27.8 Å². The number of nitrogens with zero attached hydrogens (tertiary/aromatic N) is 1. The molecule has 1 atom stereocenters. The highest BCUT2D eigenvalue weighted by molar-refractivity contribution is 7.93. The van der Waals surface area contributed by atoms with E-state index in [4.69, 9.17) is 10.5 Å². The van der Waals surface area contributed by atoms with Gasteiger partial charge in [0.25, 0.3) is 0 Å². The number of carbonyl (C=O) groups is 1. The minimum Gasteiger partial charge on any atom is -0.386 e. The first-order valence-corrected chi connectivity index (χ1v) is 9.24. The number of amidine groups is 1. The predicted molar refractivity (Wildman–Crippen MR) is 93.9 cm³/mol. The van der Waals surface area contributed by atoms with Gasteiger partial charge in [-0.3, -0.25) is 9.79 Å². The van der Waals surface area contributed by atoms with E-state index in [2.05, 4.69) is 10.3 Å². The van der Waals surface area contributed by atoms with E-state index >= 15 is 0 Å². The highest BCUT2D eigenvalue weighted by Gasteiger charge is 2.40. The molecule has 0 aromatic heterocycles. The van der Waals surface area contributed by atoms with Gasteiger partial charge in [-0.1, -0.05) is 6.07 Å². The third-order valence-electron chi connectivity index (χ3n) is 4.44. The molecule has 8 heteroatoms. The number of anilines is 1. The fraction of sp³-hybridized carbons (Fsp3) is 0.500. The molecule has 1 amide bonds. The van der Waals surface area contributed by atoms with Gasteiger partial charge in [-0.15, -0.1) is 0 Å². The summed E-state index contributed by atoms with van der Waals surface area (Å²) >= 11 is 0. The van der Waals surface area contributed by atoms with E-state index in [1.807, 2.05) is 6.07 Å². The van der Waals surface area contributed by atoms with Crippen LogP contribution in [0.5, 0.6) is 0 Å². The largest absolute Gasteiger partial charge is 0.386 e. The topological polar surface area (TPSA) is 111 Å². The number of nitrogens with two attached hydrogens (primary N) is 1. The summed E-state index contributed by atoms with van der Waals surface area (Å²) in [7, 11) is -2.09. The maximum Gasteiger partial charge on any atom is 0.211 e. The van der Waals surface area contributed by atoms with Crippen LogP contribution in [0.2, 0.25) is 0 Å². The summed E-state index contributed by atoms with van der Waals surface area (Å²) in [6.45, 7) is 3.84. The van der Waals surface area contributed by atoms with Crippen molar-refractivity contribution in [1.82, 2.24) is 0 Å². The molecular formula is C16H23N3O4S. The van der Waals surface area contributed by atoms with Crippen molar-refractivity contribution in [1.29, 1.82) is 0 Å². The second-order valence-electron chi connectivity index (χ2n) is 6.29. The fourth-order valence-electron chi connectivity index (χ4n) is 2.70. The van der Waals surface area contributed by atoms with Crippen molar-refractivity contribution < 1.29 is 17.9 Å². The molecule has 0 aliphatic carbocycles. The number of ether oxygens (including phenoxy) is 1. The van der Waals surface area contributed by atoms with E-state index in [1.165, 1.54) is 7.05 Å². The maximum absolute atomic E-state index is 12.9. The maximum atomic E-state index is 12.9. The molecule has 0 saturated carbocycles. The number of benzene rings is 1. The molecule has 1 aromatic rings. The van der Waals surface area contributed by atoms with Crippen molar-refractivity contribution in [3.05, 3.63) is 29.3 Å². The lowest BCUT2D eigenvalue weighted by atomic mass is 9.94. The minimum atomic E-state index is -3.56. The van der Waals surface area contributed by atoms with Gasteiger partial charge in [0.2, 0.25) is 6.41 Å². The van der Waals surface area contributed by atoms with Crippen LogP contribution in [-0.2, 0) is 26.0 Å². The van der Waals surface area contributed by atoms with Gasteiger partial charge in [0.05, 0.1) is 19.0 Å². The summed E-state index contributed by atoms with van der Waals surface area (Å²) < 4.78 is 30.0. The molecule has 1 aromatic carbocycles. The molecule has 132 valence electrons. The standard InChI is InChI=1S/C16H23N3O4S/c1-16(2,15(17)18-3)24(21,22)9-12-8-23-7-11-4-5-13(19-10-20)6-14(11)12/h4-6,10,12H,7-9H2,1-3H3,(H2,17,18)(H,19,20). The first-order valence-electron chi connectivity index (χ1n) is 7.58. The van der Waals surface area contributed by atoms with Gasteiger partial charge < -0.3 is 15.8 Å². The van der Waals surface area contributed by atoms with Gasteiger partial charge >= 0.3 is 0 Å². The average molecular weight is 353 g/mol. The van der Waals surface area contributed by atoms with Gasteiger partial charge in [-0.25, -0.2) is 8.42 Å². The molecule has 1 heterocycles. The van der Waals surface area contributed by atoms with Crippen LogP contribution in [0.4, 0.5) is 5.69 Å². The summed E-state index contributed by atoms with van der Waals surface area (Å²) in [4.78, 5) is 14.5. The van der Waals surface area contributed by atoms with Gasteiger partial charge in [0, 0.05) is 18.7 Å². The van der Waals surface area contributed by atoms with Crippen LogP contribution >= 0.6 is 0 Å². The molecule has 7 nitrogen and oxygen atoms in total. The van der Waals surface area contributed by atoms with Crippen molar-refractivity contribution in [2.75, 3.05) is 24.7 Å². The normalized spacial score (nSPS) is 18.8. The molecule has 1 aliphatic heterocycles. The molecule has 0 saturated heterocycles. The Hall–Kier alpha value is -1.93. The van der Waals surface area contributed by atoms with Gasteiger partial charge in [-0.05, 0) is 37.1 Å². The molecule has 24 heavy (non-hydrogen) atoms. The van der Waals surface area contributed by atoms with Crippen molar-refractivity contribution in [2.24, 2.45) is 10.7 Å². The zero-order valence-corrected chi connectivity index (χ0v) is 14.9. The number of aliphatic imine (C=N–C) groups is 1. The Morgan fingerprint density at radius 2 is 2.21 bits per heavy atom. The number of amides is 1. The van der Waals surface area contributed by atoms with Crippen LogP contribution in [0, 0.1) is 0 Å². The highest BCUT2D eigenvalue weighted by atomic mass is 32.2. The number of hydrogen-bond donors (Lipinski definition) is 2. The highest BCUT2D eigenvalue weighted by Crippen LogP contribution is 2.32. The van der Waals surface area contributed by atoms with Crippen molar-refractivity contribution in [3.8, 4) is 0 Å². The van der Waals surface area contributed by atoms with Crippen LogP contribution < -0.4 is 11.1 Å². The molecule has 0 spiro atoms. The van der Waals surface area contributed by atoms with E-state index in [9.17, 15) is 13.2 Å². The lowest BCUT2D eigenvalue weighted by Gasteiger charge is -2.30. The molecular weight excluding hydrogens is 330 g/mol. The summed E-state index contributed by atoms with van der Waals surface area (Å²) in [5, 5.41) is 2.59. The molecule has 1 aliphatic rings. The fourth-order valence-corrected chi connectivity index (χ4v) is 4.34. The molecule has 0 bridgehead atoms. The lowest BCUT2D eigenvalue weighted by Crippen LogP contribution is -2.47. The third kappa shape index (κ3) is 3.44. The Labute approximate surface area is 142 Å². The van der Waals surface area contributed by atoms with Gasteiger partial charge in [-0.2, -0.15) is 0 Å². The summed E-state index contributed by atoms with van der Waals surface area (Å²) in [5.74, 6) is -0.347. The zero-order chi connectivity index (χ0) is 18.0. The number of sulfone groups is 1. The second-order valence-corrected chi connectivity index (χ2v) is 8.87. The Balaban J connectivity index is 2.35. The van der Waals surface area contributed by atoms with Crippen LogP contribution in [0.25, 0.3) is 0 Å². The van der Waals surface area contributed by atoms with E-state index < -0.39 is 14.6 Å². The van der Waals surface area contributed by atoms with Gasteiger partial charge in [0.1, 0.15) is 10.6 Å². The number of fused-ring (bicyclic) bond motifs is 1. The zero-order valence-electron chi connectivity index (χ0n) is 14.1. The van der Waals surface area contributed by atoms with Crippen LogP contribution in [0.15, 0.2) is 23.2 Å². The molecule has 0 radical (unpaired) electrons. The SMILES string of the molecule is CN=C(N)C(C)(C)S(=O)(=O)CC1COCc2ccc(NC=O)cc21. The Kier molecular flexibility index (Phi) is 5.29. The van der Waals surface area contributed by atoms with Crippen LogP contribution in [0.1, 0.15) is 30.9 Å². The van der Waals surface area contributed by atoms with E-state index in [-0.39, 0.29) is 17.5 Å². The predicted octanol–water partition coefficient (Wildman–Crippen LogP) is 1.05. The number of nitrogens with one attached hydrogen (secondary N) is 1. The quantitative estimate of drug-likeness (QED) is 0.451. The summed E-state index contributed by atoms with van der Waals surface area (Å²) in [6.07, 6.45) is 0.592. The lowest BCUT2D eigenvalue weighted by molar-refractivity contribution is -0.105. The third-order valence-corrected chi connectivity index (χ3v) is 7.05.